The zero-order valence-electron chi connectivity index (χ0n) is 13.3. The molecule has 0 aromatic heterocycles. The van der Waals surface area contributed by atoms with Gasteiger partial charge in [-0.1, -0.05) is 37.6 Å². The Kier molecular flexibility index (Phi) is 6.56. The maximum atomic E-state index is 12.6. The van der Waals surface area contributed by atoms with Gasteiger partial charge in [-0.25, -0.2) is 0 Å². The molecule has 0 saturated carbocycles. The fourth-order valence-electron chi connectivity index (χ4n) is 2.26. The molecule has 1 rings (SSSR count). The first-order chi connectivity index (χ1) is 9.81. The third-order valence-corrected chi connectivity index (χ3v) is 3.46. The predicted octanol–water partition coefficient (Wildman–Crippen LogP) is 2.97. The first-order valence-electron chi connectivity index (χ1n) is 7.38. The minimum Gasteiger partial charge on any atom is -0.481 e. The van der Waals surface area contributed by atoms with Crippen LogP contribution in [0.5, 0.6) is 0 Å². The quantitative estimate of drug-likeness (QED) is 0.723. The molecule has 1 unspecified atom stereocenters. The summed E-state index contributed by atoms with van der Waals surface area (Å²) < 4.78 is 0. The highest BCUT2D eigenvalue weighted by molar-refractivity contribution is 6.02. The van der Waals surface area contributed by atoms with E-state index in [9.17, 15) is 9.59 Å². The lowest BCUT2D eigenvalue weighted by molar-refractivity contribution is -0.137. The number of carbonyl (C=O) groups excluding carboxylic acids is 1. The van der Waals surface area contributed by atoms with Crippen molar-refractivity contribution in [3.05, 3.63) is 34.9 Å². The summed E-state index contributed by atoms with van der Waals surface area (Å²) in [5.41, 5.74) is 2.58. The van der Waals surface area contributed by atoms with Gasteiger partial charge in [0.15, 0.2) is 5.78 Å². The van der Waals surface area contributed by atoms with Gasteiger partial charge in [0.05, 0.1) is 12.5 Å². The smallest absolute Gasteiger partial charge is 0.305 e. The summed E-state index contributed by atoms with van der Waals surface area (Å²) in [6.07, 6.45) is 0.723. The standard InChI is InChI=1S/C17H25NO3/c1-11(2)7-8-18-15(10-16(19)20)17(21)14-6-5-12(3)9-13(14)4/h5-6,9,11,15,18H,7-8,10H2,1-4H3,(H,19,20). The van der Waals surface area contributed by atoms with E-state index >= 15 is 0 Å². The molecular formula is C17H25NO3. The van der Waals surface area contributed by atoms with E-state index in [0.29, 0.717) is 18.0 Å². The number of nitrogens with one attached hydrogen (secondary N) is 1. The van der Waals surface area contributed by atoms with Crippen molar-refractivity contribution < 1.29 is 14.7 Å². The number of hydrogen-bond donors (Lipinski definition) is 2. The summed E-state index contributed by atoms with van der Waals surface area (Å²) in [7, 11) is 0. The summed E-state index contributed by atoms with van der Waals surface area (Å²) in [6.45, 7) is 8.69. The third-order valence-electron chi connectivity index (χ3n) is 3.46. The van der Waals surface area contributed by atoms with Gasteiger partial charge in [0.25, 0.3) is 0 Å². The molecule has 1 aromatic rings. The molecule has 116 valence electrons. The monoisotopic (exact) mass is 291 g/mol. The Morgan fingerprint density at radius 1 is 1.24 bits per heavy atom. The molecule has 0 amide bonds. The maximum absolute atomic E-state index is 12.6. The fourth-order valence-corrected chi connectivity index (χ4v) is 2.26. The van der Waals surface area contributed by atoms with Gasteiger partial charge in [0, 0.05) is 5.56 Å². The lowest BCUT2D eigenvalue weighted by Gasteiger charge is -2.18. The zero-order valence-corrected chi connectivity index (χ0v) is 13.3. The van der Waals surface area contributed by atoms with Crippen LogP contribution in [-0.2, 0) is 4.79 Å². The van der Waals surface area contributed by atoms with Crippen LogP contribution < -0.4 is 5.32 Å². The van der Waals surface area contributed by atoms with E-state index in [1.165, 1.54) is 0 Å². The SMILES string of the molecule is Cc1ccc(C(=O)C(CC(=O)O)NCCC(C)C)c(C)c1. The summed E-state index contributed by atoms with van der Waals surface area (Å²) in [5.74, 6) is -0.590. The Hall–Kier alpha value is -1.68. The number of ketones is 1. The largest absolute Gasteiger partial charge is 0.481 e. The van der Waals surface area contributed by atoms with Crippen LogP contribution >= 0.6 is 0 Å². The molecule has 0 aliphatic heterocycles. The molecular weight excluding hydrogens is 266 g/mol. The Labute approximate surface area is 126 Å². The second-order valence-electron chi connectivity index (χ2n) is 5.97. The Morgan fingerprint density at radius 2 is 1.90 bits per heavy atom. The van der Waals surface area contributed by atoms with E-state index in [-0.39, 0.29) is 12.2 Å². The van der Waals surface area contributed by atoms with E-state index in [0.717, 1.165) is 17.5 Å². The average Bonchev–Trinajstić information content (AvgIpc) is 2.36. The van der Waals surface area contributed by atoms with Gasteiger partial charge < -0.3 is 10.4 Å². The van der Waals surface area contributed by atoms with Gasteiger partial charge in [-0.15, -0.1) is 0 Å². The predicted molar refractivity (Wildman–Crippen MR) is 83.7 cm³/mol. The molecule has 0 bridgehead atoms. The molecule has 2 N–H and O–H groups in total. The van der Waals surface area contributed by atoms with Crippen LogP contribution in [0.2, 0.25) is 0 Å². The van der Waals surface area contributed by atoms with Crippen molar-refractivity contribution in [2.24, 2.45) is 5.92 Å². The van der Waals surface area contributed by atoms with Crippen molar-refractivity contribution in [3.8, 4) is 0 Å². The molecule has 0 aliphatic carbocycles. The molecule has 1 atom stereocenters. The Bertz CT molecular complexity index is 509. The number of carboxylic acids is 1. The molecule has 21 heavy (non-hydrogen) atoms. The number of carboxylic acid groups (broad SMARTS) is 1. The summed E-state index contributed by atoms with van der Waals surface area (Å²) in [5, 5.41) is 12.1. The van der Waals surface area contributed by atoms with Crippen LogP contribution in [0.3, 0.4) is 0 Å². The molecule has 4 nitrogen and oxygen atoms in total. The van der Waals surface area contributed by atoms with Gasteiger partial charge in [-0.3, -0.25) is 9.59 Å². The van der Waals surface area contributed by atoms with E-state index in [1.807, 2.05) is 26.0 Å². The first kappa shape index (κ1) is 17.4. The van der Waals surface area contributed by atoms with E-state index in [4.69, 9.17) is 5.11 Å². The van der Waals surface area contributed by atoms with Crippen LogP contribution in [0.4, 0.5) is 0 Å². The van der Waals surface area contributed by atoms with Crippen LogP contribution in [0.25, 0.3) is 0 Å². The fraction of sp³-hybridized carbons (Fsp3) is 0.529. The normalized spacial score (nSPS) is 12.4. The van der Waals surface area contributed by atoms with E-state index < -0.39 is 12.0 Å². The molecule has 0 saturated heterocycles. The van der Waals surface area contributed by atoms with Crippen molar-refractivity contribution in [1.82, 2.24) is 5.32 Å². The molecule has 4 heteroatoms. The molecule has 0 radical (unpaired) electrons. The number of hydrogen-bond acceptors (Lipinski definition) is 3. The second-order valence-corrected chi connectivity index (χ2v) is 5.97. The molecule has 0 spiro atoms. The maximum Gasteiger partial charge on any atom is 0.305 e. The minimum atomic E-state index is -0.963. The summed E-state index contributed by atoms with van der Waals surface area (Å²) >= 11 is 0. The number of rotatable bonds is 8. The topological polar surface area (TPSA) is 66.4 Å². The Balaban J connectivity index is 2.85. The lowest BCUT2D eigenvalue weighted by Crippen LogP contribution is -2.39. The van der Waals surface area contributed by atoms with Crippen LogP contribution in [0.15, 0.2) is 18.2 Å². The van der Waals surface area contributed by atoms with Gasteiger partial charge in [0.1, 0.15) is 0 Å². The van der Waals surface area contributed by atoms with Crippen LogP contribution in [0.1, 0.15) is 48.2 Å². The highest BCUT2D eigenvalue weighted by atomic mass is 16.4. The van der Waals surface area contributed by atoms with E-state index in [2.05, 4.69) is 19.2 Å². The lowest BCUT2D eigenvalue weighted by atomic mass is 9.96. The van der Waals surface area contributed by atoms with Crippen molar-refractivity contribution >= 4 is 11.8 Å². The number of aliphatic carboxylic acids is 1. The van der Waals surface area contributed by atoms with Crippen molar-refractivity contribution in [2.75, 3.05) is 6.54 Å². The highest BCUT2D eigenvalue weighted by Crippen LogP contribution is 2.14. The molecule has 1 aromatic carbocycles. The minimum absolute atomic E-state index is 0.140. The number of benzene rings is 1. The van der Waals surface area contributed by atoms with E-state index in [1.54, 1.807) is 6.07 Å². The zero-order chi connectivity index (χ0) is 16.0. The van der Waals surface area contributed by atoms with Crippen LogP contribution in [-0.4, -0.2) is 29.4 Å². The van der Waals surface area contributed by atoms with Crippen LogP contribution in [0, 0.1) is 19.8 Å². The van der Waals surface area contributed by atoms with Gasteiger partial charge >= 0.3 is 5.97 Å². The second kappa shape index (κ2) is 7.93. The molecule has 0 aliphatic rings. The average molecular weight is 291 g/mol. The number of carbonyl (C=O) groups is 2. The first-order valence-corrected chi connectivity index (χ1v) is 7.38. The van der Waals surface area contributed by atoms with Gasteiger partial charge in [-0.2, -0.15) is 0 Å². The van der Waals surface area contributed by atoms with Crippen molar-refractivity contribution in [3.63, 3.8) is 0 Å². The van der Waals surface area contributed by atoms with Gasteiger partial charge in [-0.05, 0) is 38.3 Å². The Morgan fingerprint density at radius 3 is 2.43 bits per heavy atom. The third kappa shape index (κ3) is 5.68. The number of Topliss-reactive ketones (excluding diaryl/α,β-unsaturated/α-hetero) is 1. The summed E-state index contributed by atoms with van der Waals surface area (Å²) in [4.78, 5) is 23.6. The van der Waals surface area contributed by atoms with Gasteiger partial charge in [0.2, 0.25) is 0 Å². The van der Waals surface area contributed by atoms with Crippen molar-refractivity contribution in [1.29, 1.82) is 0 Å². The summed E-state index contributed by atoms with van der Waals surface area (Å²) in [6, 6.07) is 4.94. The molecule has 0 heterocycles. The number of aryl methyl sites for hydroxylation is 2. The molecule has 0 fully saturated rings. The highest BCUT2D eigenvalue weighted by Gasteiger charge is 2.23. The van der Waals surface area contributed by atoms with Crippen molar-refractivity contribution in [2.45, 2.75) is 46.6 Å².